The number of carbonyl (C=O) groups excluding carboxylic acids is 1. The molecule has 2 aromatic rings. The van der Waals surface area contributed by atoms with Crippen LogP contribution < -0.4 is 10.1 Å². The summed E-state index contributed by atoms with van der Waals surface area (Å²) in [4.78, 5) is 12.3. The van der Waals surface area contributed by atoms with Crippen LogP contribution in [0.25, 0.3) is 0 Å². The van der Waals surface area contributed by atoms with E-state index in [1.54, 1.807) is 0 Å². The fourth-order valence-corrected chi connectivity index (χ4v) is 2.59. The van der Waals surface area contributed by atoms with Crippen LogP contribution in [0.15, 0.2) is 54.6 Å². The first kappa shape index (κ1) is 17.1. The molecular weight excluding hydrogens is 286 g/mol. The molecule has 122 valence electrons. The highest BCUT2D eigenvalue weighted by Crippen LogP contribution is 2.22. The van der Waals surface area contributed by atoms with Gasteiger partial charge in [0.15, 0.2) is 6.61 Å². The van der Waals surface area contributed by atoms with Gasteiger partial charge in [-0.25, -0.2) is 0 Å². The number of para-hydroxylation sites is 1. The van der Waals surface area contributed by atoms with Crippen LogP contribution in [0.3, 0.4) is 0 Å². The van der Waals surface area contributed by atoms with Crippen molar-refractivity contribution in [2.75, 3.05) is 6.61 Å². The monoisotopic (exact) mass is 311 g/mol. The number of ether oxygens (including phenoxy) is 1. The lowest BCUT2D eigenvalue weighted by Crippen LogP contribution is -2.35. The Bertz CT molecular complexity index is 623. The lowest BCUT2D eigenvalue weighted by Gasteiger charge is -2.23. The Morgan fingerprint density at radius 1 is 1.04 bits per heavy atom. The van der Waals surface area contributed by atoms with E-state index in [4.69, 9.17) is 4.74 Å². The van der Waals surface area contributed by atoms with Gasteiger partial charge in [-0.3, -0.25) is 4.79 Å². The van der Waals surface area contributed by atoms with Crippen molar-refractivity contribution in [1.29, 1.82) is 0 Å². The minimum atomic E-state index is -0.0986. The van der Waals surface area contributed by atoms with Crippen molar-refractivity contribution in [2.24, 2.45) is 5.92 Å². The second-order valence-electron chi connectivity index (χ2n) is 5.95. The maximum absolute atomic E-state index is 12.3. The third-order valence-electron chi connectivity index (χ3n) is 3.85. The summed E-state index contributed by atoms with van der Waals surface area (Å²) in [6, 6.07) is 17.9. The van der Waals surface area contributed by atoms with E-state index in [9.17, 15) is 4.79 Å². The number of nitrogens with one attached hydrogen (secondary N) is 1. The zero-order chi connectivity index (χ0) is 16.7. The summed E-state index contributed by atoms with van der Waals surface area (Å²) in [7, 11) is 0. The van der Waals surface area contributed by atoms with Gasteiger partial charge in [0.2, 0.25) is 0 Å². The third kappa shape index (κ3) is 4.85. The van der Waals surface area contributed by atoms with Gasteiger partial charge in [0.05, 0.1) is 6.04 Å². The summed E-state index contributed by atoms with van der Waals surface area (Å²) >= 11 is 0. The van der Waals surface area contributed by atoms with Gasteiger partial charge in [-0.2, -0.15) is 0 Å². The summed E-state index contributed by atoms with van der Waals surface area (Å²) < 4.78 is 5.69. The summed E-state index contributed by atoms with van der Waals surface area (Å²) in [6.45, 7) is 6.32. The van der Waals surface area contributed by atoms with Crippen molar-refractivity contribution in [2.45, 2.75) is 33.2 Å². The maximum Gasteiger partial charge on any atom is 0.258 e. The van der Waals surface area contributed by atoms with Gasteiger partial charge in [0.25, 0.3) is 5.91 Å². The molecule has 0 saturated carbocycles. The fourth-order valence-electron chi connectivity index (χ4n) is 2.59. The average molecular weight is 311 g/mol. The fraction of sp³-hybridized carbons (Fsp3) is 0.350. The van der Waals surface area contributed by atoms with Gasteiger partial charge < -0.3 is 10.1 Å². The topological polar surface area (TPSA) is 38.3 Å². The lowest BCUT2D eigenvalue weighted by molar-refractivity contribution is -0.124. The molecule has 23 heavy (non-hydrogen) atoms. The Hall–Kier alpha value is -2.29. The van der Waals surface area contributed by atoms with Gasteiger partial charge in [0, 0.05) is 0 Å². The molecule has 1 atom stereocenters. The van der Waals surface area contributed by atoms with Gasteiger partial charge in [-0.15, -0.1) is 0 Å². The van der Waals surface area contributed by atoms with Gasteiger partial charge in [0.1, 0.15) is 5.75 Å². The molecule has 0 radical (unpaired) electrons. The number of aryl methyl sites for hydroxylation is 1. The zero-order valence-electron chi connectivity index (χ0n) is 14.1. The van der Waals surface area contributed by atoms with Gasteiger partial charge in [-0.05, 0) is 29.5 Å². The molecule has 0 spiro atoms. The highest BCUT2D eigenvalue weighted by atomic mass is 16.5. The number of rotatable bonds is 7. The second kappa shape index (κ2) is 8.37. The summed E-state index contributed by atoms with van der Waals surface area (Å²) in [5.41, 5.74) is 2.23. The highest BCUT2D eigenvalue weighted by molar-refractivity contribution is 5.78. The predicted molar refractivity (Wildman–Crippen MR) is 93.5 cm³/mol. The van der Waals surface area contributed by atoms with E-state index >= 15 is 0 Å². The molecule has 0 aromatic heterocycles. The number of carbonyl (C=O) groups is 1. The molecule has 1 unspecified atom stereocenters. The van der Waals surface area contributed by atoms with Crippen molar-refractivity contribution >= 4 is 5.91 Å². The summed E-state index contributed by atoms with van der Waals surface area (Å²) in [5.74, 6) is 0.994. The van der Waals surface area contributed by atoms with Crippen LogP contribution in [0.5, 0.6) is 5.75 Å². The van der Waals surface area contributed by atoms with Crippen molar-refractivity contribution in [1.82, 2.24) is 5.32 Å². The van der Waals surface area contributed by atoms with Crippen molar-refractivity contribution in [3.8, 4) is 5.75 Å². The largest absolute Gasteiger partial charge is 0.483 e. The standard InChI is InChI=1S/C20H25NO2/c1-4-16-10-8-9-13-18(16)23-14-19(22)21-20(15(2)3)17-11-6-5-7-12-17/h5-13,15,20H,4,14H2,1-3H3,(H,21,22). The summed E-state index contributed by atoms with van der Waals surface area (Å²) in [5, 5.41) is 3.08. The van der Waals surface area contributed by atoms with Crippen LogP contribution in [0, 0.1) is 5.92 Å². The van der Waals surface area contributed by atoms with Crippen molar-refractivity contribution in [3.05, 3.63) is 65.7 Å². The van der Waals surface area contributed by atoms with Crippen molar-refractivity contribution in [3.63, 3.8) is 0 Å². The normalized spacial score (nSPS) is 12.0. The molecule has 0 heterocycles. The Balaban J connectivity index is 1.97. The van der Waals surface area contributed by atoms with E-state index in [-0.39, 0.29) is 18.6 Å². The van der Waals surface area contributed by atoms with Crippen molar-refractivity contribution < 1.29 is 9.53 Å². The molecule has 2 aromatic carbocycles. The van der Waals surface area contributed by atoms with Crippen LogP contribution in [-0.4, -0.2) is 12.5 Å². The molecule has 3 nitrogen and oxygen atoms in total. The first-order valence-electron chi connectivity index (χ1n) is 8.16. The van der Waals surface area contributed by atoms with E-state index in [1.807, 2.05) is 54.6 Å². The summed E-state index contributed by atoms with van der Waals surface area (Å²) in [6.07, 6.45) is 0.885. The Labute approximate surface area is 138 Å². The molecule has 0 bridgehead atoms. The molecule has 0 aliphatic carbocycles. The van der Waals surface area contributed by atoms with E-state index in [2.05, 4.69) is 26.1 Å². The van der Waals surface area contributed by atoms with E-state index in [0.717, 1.165) is 23.3 Å². The van der Waals surface area contributed by atoms with Gasteiger partial charge >= 0.3 is 0 Å². The number of hydrogen-bond donors (Lipinski definition) is 1. The molecule has 0 aliphatic rings. The maximum atomic E-state index is 12.3. The quantitative estimate of drug-likeness (QED) is 0.834. The Morgan fingerprint density at radius 3 is 2.35 bits per heavy atom. The molecule has 1 amide bonds. The Morgan fingerprint density at radius 2 is 1.70 bits per heavy atom. The SMILES string of the molecule is CCc1ccccc1OCC(=O)NC(c1ccccc1)C(C)C. The lowest BCUT2D eigenvalue weighted by atomic mass is 9.96. The van der Waals surface area contributed by atoms with E-state index < -0.39 is 0 Å². The van der Waals surface area contributed by atoms with Crippen LogP contribution in [-0.2, 0) is 11.2 Å². The first-order valence-corrected chi connectivity index (χ1v) is 8.16. The molecule has 0 fully saturated rings. The molecular formula is C20H25NO2. The number of benzene rings is 2. The number of amides is 1. The van der Waals surface area contributed by atoms with E-state index in [0.29, 0.717) is 5.92 Å². The smallest absolute Gasteiger partial charge is 0.258 e. The highest BCUT2D eigenvalue weighted by Gasteiger charge is 2.18. The van der Waals surface area contributed by atoms with Crippen LogP contribution in [0.2, 0.25) is 0 Å². The minimum Gasteiger partial charge on any atom is -0.483 e. The first-order chi connectivity index (χ1) is 11.1. The Kier molecular flexibility index (Phi) is 6.21. The van der Waals surface area contributed by atoms with Gasteiger partial charge in [-0.1, -0.05) is 69.3 Å². The number of hydrogen-bond acceptors (Lipinski definition) is 2. The molecule has 3 heteroatoms. The zero-order valence-corrected chi connectivity index (χ0v) is 14.1. The predicted octanol–water partition coefficient (Wildman–Crippen LogP) is 4.14. The molecule has 2 rings (SSSR count). The van der Waals surface area contributed by atoms with E-state index in [1.165, 1.54) is 0 Å². The molecule has 1 N–H and O–H groups in total. The van der Waals surface area contributed by atoms with Crippen LogP contribution >= 0.6 is 0 Å². The van der Waals surface area contributed by atoms with Crippen LogP contribution in [0.1, 0.15) is 37.9 Å². The molecule has 0 saturated heterocycles. The minimum absolute atomic E-state index is 0.00582. The average Bonchev–Trinajstić information content (AvgIpc) is 2.58. The van der Waals surface area contributed by atoms with Crippen LogP contribution in [0.4, 0.5) is 0 Å². The second-order valence-corrected chi connectivity index (χ2v) is 5.95. The molecule has 0 aliphatic heterocycles. The third-order valence-corrected chi connectivity index (χ3v) is 3.85.